The fourth-order valence-corrected chi connectivity index (χ4v) is 3.61. The van der Waals surface area contributed by atoms with Gasteiger partial charge in [-0.2, -0.15) is 0 Å². The molecule has 1 aliphatic rings. The fraction of sp³-hybridized carbons (Fsp3) is 0.208. The van der Waals surface area contributed by atoms with E-state index >= 15 is 0 Å². The van der Waals surface area contributed by atoms with Crippen molar-refractivity contribution >= 4 is 17.2 Å². The largest absolute Gasteiger partial charge is 0.277 e. The van der Waals surface area contributed by atoms with E-state index < -0.39 is 0 Å². The summed E-state index contributed by atoms with van der Waals surface area (Å²) in [6.07, 6.45) is -0.0951. The monoisotopic (exact) mass is 385 g/mol. The molecule has 0 bridgehead atoms. The first-order valence-corrected chi connectivity index (χ1v) is 10.1. The van der Waals surface area contributed by atoms with Gasteiger partial charge in [0.25, 0.3) is 0 Å². The van der Waals surface area contributed by atoms with E-state index in [-0.39, 0.29) is 6.29 Å². The van der Waals surface area contributed by atoms with E-state index in [1.54, 1.807) is 0 Å². The Balaban J connectivity index is 1.87. The molecule has 1 N–H and O–H groups in total. The Bertz CT molecular complexity index is 923. The van der Waals surface area contributed by atoms with E-state index in [1.165, 1.54) is 0 Å². The SMILES string of the molecule is CCN(CC)C1N(c2ccccc2)N=C(c2ccccc2)NN1c1ccccc1. The van der Waals surface area contributed by atoms with Gasteiger partial charge in [-0.1, -0.05) is 80.6 Å². The van der Waals surface area contributed by atoms with Gasteiger partial charge in [-0.25, -0.2) is 10.0 Å². The van der Waals surface area contributed by atoms with Crippen molar-refractivity contribution in [1.82, 2.24) is 10.3 Å². The Hall–Kier alpha value is -3.31. The van der Waals surface area contributed by atoms with Crippen LogP contribution in [0.3, 0.4) is 0 Å². The topological polar surface area (TPSA) is 34.1 Å². The van der Waals surface area contributed by atoms with E-state index in [9.17, 15) is 0 Å². The highest BCUT2D eigenvalue weighted by Gasteiger charge is 2.35. The third-order valence-corrected chi connectivity index (χ3v) is 5.13. The molecule has 0 spiro atoms. The Labute approximate surface area is 172 Å². The molecule has 0 saturated heterocycles. The van der Waals surface area contributed by atoms with Crippen molar-refractivity contribution in [2.45, 2.75) is 20.1 Å². The molecule has 0 amide bonds. The Morgan fingerprint density at radius 3 is 1.83 bits per heavy atom. The molecule has 0 saturated carbocycles. The molecule has 1 unspecified atom stereocenters. The molecule has 3 aromatic carbocycles. The summed E-state index contributed by atoms with van der Waals surface area (Å²) in [6.45, 7) is 6.19. The number of rotatable bonds is 6. The maximum Gasteiger partial charge on any atom is 0.199 e. The number of hydrogen-bond donors (Lipinski definition) is 1. The van der Waals surface area contributed by atoms with Crippen LogP contribution in [-0.2, 0) is 0 Å². The zero-order valence-electron chi connectivity index (χ0n) is 16.9. The van der Waals surface area contributed by atoms with Crippen LogP contribution in [0.1, 0.15) is 19.4 Å². The summed E-state index contributed by atoms with van der Waals surface area (Å²) < 4.78 is 0. The molecule has 5 heteroatoms. The van der Waals surface area contributed by atoms with E-state index in [0.717, 1.165) is 35.9 Å². The van der Waals surface area contributed by atoms with Gasteiger partial charge in [0.05, 0.1) is 11.4 Å². The number of benzene rings is 3. The van der Waals surface area contributed by atoms with Crippen molar-refractivity contribution in [2.24, 2.45) is 5.10 Å². The number of hydrogen-bond acceptors (Lipinski definition) is 5. The lowest BCUT2D eigenvalue weighted by Gasteiger charge is -2.48. The van der Waals surface area contributed by atoms with E-state index in [1.807, 2.05) is 30.3 Å². The summed E-state index contributed by atoms with van der Waals surface area (Å²) in [5, 5.41) is 9.37. The summed E-state index contributed by atoms with van der Waals surface area (Å²) in [7, 11) is 0. The minimum absolute atomic E-state index is 0.0951. The fourth-order valence-electron chi connectivity index (χ4n) is 3.61. The average molecular weight is 386 g/mol. The zero-order chi connectivity index (χ0) is 20.1. The van der Waals surface area contributed by atoms with Crippen LogP contribution in [0.15, 0.2) is 96.1 Å². The summed E-state index contributed by atoms with van der Waals surface area (Å²) in [6, 6.07) is 31.1. The van der Waals surface area contributed by atoms with Crippen LogP contribution < -0.4 is 15.4 Å². The van der Waals surface area contributed by atoms with Crippen molar-refractivity contribution in [3.05, 3.63) is 96.6 Å². The van der Waals surface area contributed by atoms with E-state index in [4.69, 9.17) is 5.10 Å². The smallest absolute Gasteiger partial charge is 0.199 e. The van der Waals surface area contributed by atoms with Gasteiger partial charge < -0.3 is 0 Å². The number of hydrazine groups is 1. The highest BCUT2D eigenvalue weighted by atomic mass is 15.8. The highest BCUT2D eigenvalue weighted by molar-refractivity contribution is 6.00. The third-order valence-electron chi connectivity index (χ3n) is 5.13. The molecule has 0 fully saturated rings. The average Bonchev–Trinajstić information content (AvgIpc) is 2.81. The molecule has 148 valence electrons. The lowest BCUT2D eigenvalue weighted by molar-refractivity contribution is 0.192. The van der Waals surface area contributed by atoms with Gasteiger partial charge in [0.2, 0.25) is 0 Å². The Kier molecular flexibility index (Phi) is 5.77. The van der Waals surface area contributed by atoms with Crippen LogP contribution in [0.2, 0.25) is 0 Å². The molecule has 5 nitrogen and oxygen atoms in total. The first kappa shape index (κ1) is 19.0. The molecule has 0 radical (unpaired) electrons. The van der Waals surface area contributed by atoms with Gasteiger partial charge >= 0.3 is 0 Å². The van der Waals surface area contributed by atoms with Crippen molar-refractivity contribution < 1.29 is 0 Å². The van der Waals surface area contributed by atoms with Crippen LogP contribution in [0.4, 0.5) is 11.4 Å². The van der Waals surface area contributed by atoms with Crippen molar-refractivity contribution in [3.8, 4) is 0 Å². The van der Waals surface area contributed by atoms with Crippen LogP contribution in [0, 0.1) is 0 Å². The van der Waals surface area contributed by atoms with Crippen LogP contribution in [-0.4, -0.2) is 30.1 Å². The molecule has 4 rings (SSSR count). The second-order valence-corrected chi connectivity index (χ2v) is 6.88. The lowest BCUT2D eigenvalue weighted by Crippen LogP contribution is -2.66. The van der Waals surface area contributed by atoms with Gasteiger partial charge in [0.1, 0.15) is 0 Å². The first-order valence-electron chi connectivity index (χ1n) is 10.1. The minimum Gasteiger partial charge on any atom is -0.277 e. The number of amidine groups is 1. The molecule has 0 aliphatic carbocycles. The summed E-state index contributed by atoms with van der Waals surface area (Å²) in [5.74, 6) is 0.821. The summed E-state index contributed by atoms with van der Waals surface area (Å²) in [5.41, 5.74) is 6.78. The number of anilines is 2. The van der Waals surface area contributed by atoms with Crippen LogP contribution in [0.5, 0.6) is 0 Å². The third kappa shape index (κ3) is 3.96. The summed E-state index contributed by atoms with van der Waals surface area (Å²) in [4.78, 5) is 2.39. The van der Waals surface area contributed by atoms with Gasteiger partial charge in [0.15, 0.2) is 12.1 Å². The van der Waals surface area contributed by atoms with Crippen LogP contribution >= 0.6 is 0 Å². The van der Waals surface area contributed by atoms with Gasteiger partial charge in [-0.3, -0.25) is 10.3 Å². The molecule has 0 aromatic heterocycles. The highest BCUT2D eigenvalue weighted by Crippen LogP contribution is 2.28. The predicted molar refractivity (Wildman–Crippen MR) is 121 cm³/mol. The predicted octanol–water partition coefficient (Wildman–Crippen LogP) is 4.51. The zero-order valence-corrected chi connectivity index (χ0v) is 16.9. The number of nitrogens with one attached hydrogen (secondary N) is 1. The van der Waals surface area contributed by atoms with Crippen LogP contribution in [0.25, 0.3) is 0 Å². The summed E-state index contributed by atoms with van der Waals surface area (Å²) >= 11 is 0. The number of nitrogens with zero attached hydrogens (tertiary/aromatic N) is 4. The number of para-hydroxylation sites is 2. The van der Waals surface area contributed by atoms with E-state index in [0.29, 0.717) is 0 Å². The van der Waals surface area contributed by atoms with Gasteiger partial charge in [-0.15, -0.1) is 5.10 Å². The second-order valence-electron chi connectivity index (χ2n) is 6.88. The number of hydrazone groups is 1. The van der Waals surface area contributed by atoms with Gasteiger partial charge in [-0.05, 0) is 37.4 Å². The minimum atomic E-state index is -0.0951. The van der Waals surface area contributed by atoms with Crippen molar-refractivity contribution in [2.75, 3.05) is 23.1 Å². The second kappa shape index (κ2) is 8.80. The van der Waals surface area contributed by atoms with Crippen molar-refractivity contribution in [3.63, 3.8) is 0 Å². The Morgan fingerprint density at radius 1 is 0.759 bits per heavy atom. The first-order chi connectivity index (χ1) is 14.3. The molecule has 29 heavy (non-hydrogen) atoms. The maximum absolute atomic E-state index is 5.05. The molecule has 1 aliphatic heterocycles. The standard InChI is InChI=1S/C24H27N5/c1-3-27(4-2)24-28(21-16-10-6-11-17-21)25-23(20-14-8-5-9-15-20)26-29(24)22-18-12-7-13-19-22/h5-19,24H,3-4H2,1-2H3,(H,25,26). The van der Waals surface area contributed by atoms with E-state index in [2.05, 4.69) is 94.9 Å². The Morgan fingerprint density at radius 2 is 1.28 bits per heavy atom. The normalized spacial score (nSPS) is 16.5. The van der Waals surface area contributed by atoms with Gasteiger partial charge in [0, 0.05) is 5.56 Å². The molecule has 1 heterocycles. The molecular formula is C24H27N5. The molecule has 3 aromatic rings. The quantitative estimate of drug-likeness (QED) is 0.677. The molecular weight excluding hydrogens is 358 g/mol. The maximum atomic E-state index is 5.05. The molecule has 1 atom stereocenters. The van der Waals surface area contributed by atoms with Crippen molar-refractivity contribution in [1.29, 1.82) is 0 Å². The lowest BCUT2D eigenvalue weighted by atomic mass is 10.2.